The molecular formula is C7H3F6N. The van der Waals surface area contributed by atoms with E-state index in [9.17, 15) is 26.3 Å². The standard InChI is InChI=1S/C7H3F6N/c8-6(9,10)4-2-1-3-14-5(4)7(11,12)13/h1-3H. The average Bonchev–Trinajstić information content (AvgIpc) is 2.01. The van der Waals surface area contributed by atoms with Crippen molar-refractivity contribution in [2.24, 2.45) is 0 Å². The van der Waals surface area contributed by atoms with Gasteiger partial charge in [0.25, 0.3) is 0 Å². The van der Waals surface area contributed by atoms with E-state index >= 15 is 0 Å². The number of halogens is 6. The maximum Gasteiger partial charge on any atom is 0.433 e. The first-order valence-electron chi connectivity index (χ1n) is 3.32. The molecule has 1 heterocycles. The number of alkyl halides is 6. The van der Waals surface area contributed by atoms with Crippen LogP contribution in [0.15, 0.2) is 18.3 Å². The van der Waals surface area contributed by atoms with Crippen molar-refractivity contribution in [2.75, 3.05) is 0 Å². The summed E-state index contributed by atoms with van der Waals surface area (Å²) < 4.78 is 72.2. The molecule has 0 saturated carbocycles. The lowest BCUT2D eigenvalue weighted by Crippen LogP contribution is -2.17. The quantitative estimate of drug-likeness (QED) is 0.606. The Bertz CT molecular complexity index is 293. The molecule has 0 saturated heterocycles. The van der Waals surface area contributed by atoms with Crippen LogP contribution < -0.4 is 0 Å². The average molecular weight is 215 g/mol. The van der Waals surface area contributed by atoms with Crippen LogP contribution in [0.3, 0.4) is 0 Å². The summed E-state index contributed by atoms with van der Waals surface area (Å²) in [4.78, 5) is 2.67. The Morgan fingerprint density at radius 2 is 1.50 bits per heavy atom. The fourth-order valence-corrected chi connectivity index (χ4v) is 0.860. The van der Waals surface area contributed by atoms with Crippen molar-refractivity contribution >= 4 is 0 Å². The second-order valence-corrected chi connectivity index (χ2v) is 2.40. The molecule has 1 rings (SSSR count). The minimum atomic E-state index is -5.09. The Morgan fingerprint density at radius 3 is 1.86 bits per heavy atom. The number of hydrogen-bond donors (Lipinski definition) is 0. The molecular weight excluding hydrogens is 212 g/mol. The van der Waals surface area contributed by atoms with E-state index in [0.717, 1.165) is 6.07 Å². The molecule has 0 radical (unpaired) electrons. The van der Waals surface area contributed by atoms with E-state index in [1.54, 1.807) is 0 Å². The lowest BCUT2D eigenvalue weighted by atomic mass is 10.2. The highest BCUT2D eigenvalue weighted by Gasteiger charge is 2.44. The molecule has 0 aliphatic heterocycles. The van der Waals surface area contributed by atoms with Gasteiger partial charge in [0.15, 0.2) is 5.69 Å². The van der Waals surface area contributed by atoms with Crippen molar-refractivity contribution in [2.45, 2.75) is 12.4 Å². The molecule has 1 nitrogen and oxygen atoms in total. The number of rotatable bonds is 0. The van der Waals surface area contributed by atoms with Crippen LogP contribution >= 0.6 is 0 Å². The molecule has 0 N–H and O–H groups in total. The lowest BCUT2D eigenvalue weighted by molar-refractivity contribution is -0.164. The predicted octanol–water partition coefficient (Wildman–Crippen LogP) is 3.12. The third kappa shape index (κ3) is 2.15. The van der Waals surface area contributed by atoms with Gasteiger partial charge in [0.1, 0.15) is 0 Å². The van der Waals surface area contributed by atoms with E-state index in [0.29, 0.717) is 12.3 Å². The Balaban J connectivity index is 3.31. The number of pyridine rings is 1. The molecule has 1 aromatic rings. The Morgan fingerprint density at radius 1 is 0.929 bits per heavy atom. The molecule has 0 fully saturated rings. The summed E-state index contributed by atoms with van der Waals surface area (Å²) in [5, 5.41) is 0. The molecule has 0 bridgehead atoms. The summed E-state index contributed by atoms with van der Waals surface area (Å²) in [6.07, 6.45) is -9.47. The first kappa shape index (κ1) is 10.8. The summed E-state index contributed by atoms with van der Waals surface area (Å²) in [5.41, 5.74) is -3.68. The van der Waals surface area contributed by atoms with Crippen LogP contribution in [0.1, 0.15) is 11.3 Å². The van der Waals surface area contributed by atoms with Gasteiger partial charge in [-0.1, -0.05) is 0 Å². The fourth-order valence-electron chi connectivity index (χ4n) is 0.860. The zero-order valence-electron chi connectivity index (χ0n) is 6.45. The van der Waals surface area contributed by atoms with E-state index in [4.69, 9.17) is 0 Å². The molecule has 7 heteroatoms. The van der Waals surface area contributed by atoms with Crippen LogP contribution in [0.25, 0.3) is 0 Å². The highest BCUT2D eigenvalue weighted by molar-refractivity contribution is 5.25. The Labute approximate surface area is 74.4 Å². The second kappa shape index (κ2) is 3.14. The first-order chi connectivity index (χ1) is 6.23. The zero-order chi connectivity index (χ0) is 11.0. The molecule has 14 heavy (non-hydrogen) atoms. The van der Waals surface area contributed by atoms with Gasteiger partial charge in [-0.15, -0.1) is 0 Å². The van der Waals surface area contributed by atoms with Gasteiger partial charge >= 0.3 is 12.4 Å². The van der Waals surface area contributed by atoms with Crippen LogP contribution in [0.5, 0.6) is 0 Å². The highest BCUT2D eigenvalue weighted by Crippen LogP contribution is 2.38. The summed E-state index contributed by atoms with van der Waals surface area (Å²) >= 11 is 0. The minimum absolute atomic E-state index is 0.343. The van der Waals surface area contributed by atoms with Crippen LogP contribution in [-0.4, -0.2) is 4.98 Å². The maximum atomic E-state index is 12.0. The molecule has 0 aliphatic rings. The number of hydrogen-bond acceptors (Lipinski definition) is 1. The Hall–Kier alpha value is -1.27. The minimum Gasteiger partial charge on any atom is -0.251 e. The molecule has 0 amide bonds. The maximum absolute atomic E-state index is 12.0. The molecule has 0 spiro atoms. The molecule has 78 valence electrons. The van der Waals surface area contributed by atoms with Gasteiger partial charge in [0.2, 0.25) is 0 Å². The molecule has 0 aliphatic carbocycles. The summed E-state index contributed by atoms with van der Waals surface area (Å²) in [6, 6.07) is 1.15. The van der Waals surface area contributed by atoms with Crippen molar-refractivity contribution in [1.29, 1.82) is 0 Å². The van der Waals surface area contributed by atoms with Gasteiger partial charge < -0.3 is 0 Å². The lowest BCUT2D eigenvalue weighted by Gasteiger charge is -2.13. The molecule has 0 atom stereocenters. The second-order valence-electron chi connectivity index (χ2n) is 2.40. The zero-order valence-corrected chi connectivity index (χ0v) is 6.45. The highest BCUT2D eigenvalue weighted by atomic mass is 19.4. The third-order valence-electron chi connectivity index (χ3n) is 1.38. The summed E-state index contributed by atoms with van der Waals surface area (Å²) in [7, 11) is 0. The van der Waals surface area contributed by atoms with E-state index in [1.807, 2.05) is 0 Å². The smallest absolute Gasteiger partial charge is 0.251 e. The van der Waals surface area contributed by atoms with E-state index in [2.05, 4.69) is 4.98 Å². The molecule has 0 unspecified atom stereocenters. The SMILES string of the molecule is FC(F)(F)c1cccnc1C(F)(F)F. The van der Waals surface area contributed by atoms with E-state index in [1.165, 1.54) is 0 Å². The molecule has 1 aromatic heterocycles. The molecule has 0 aromatic carbocycles. The van der Waals surface area contributed by atoms with Crippen LogP contribution in [-0.2, 0) is 12.4 Å². The van der Waals surface area contributed by atoms with Gasteiger partial charge in [-0.2, -0.15) is 26.3 Å². The normalized spacial score (nSPS) is 13.0. The van der Waals surface area contributed by atoms with Gasteiger partial charge in [0, 0.05) is 6.20 Å². The van der Waals surface area contributed by atoms with Crippen LogP contribution in [0.2, 0.25) is 0 Å². The van der Waals surface area contributed by atoms with Crippen LogP contribution in [0.4, 0.5) is 26.3 Å². The van der Waals surface area contributed by atoms with Crippen molar-refractivity contribution in [3.63, 3.8) is 0 Å². The first-order valence-corrected chi connectivity index (χ1v) is 3.32. The van der Waals surface area contributed by atoms with Crippen molar-refractivity contribution < 1.29 is 26.3 Å². The van der Waals surface area contributed by atoms with Gasteiger partial charge in [-0.25, -0.2) is 0 Å². The van der Waals surface area contributed by atoms with E-state index in [-0.39, 0.29) is 0 Å². The predicted molar refractivity (Wildman–Crippen MR) is 34.2 cm³/mol. The monoisotopic (exact) mass is 215 g/mol. The topological polar surface area (TPSA) is 12.9 Å². The van der Waals surface area contributed by atoms with Gasteiger partial charge in [-0.3, -0.25) is 4.98 Å². The Kier molecular flexibility index (Phi) is 2.43. The summed E-state index contributed by atoms with van der Waals surface area (Å²) in [5.74, 6) is 0. The van der Waals surface area contributed by atoms with Crippen molar-refractivity contribution in [3.05, 3.63) is 29.6 Å². The largest absolute Gasteiger partial charge is 0.433 e. The van der Waals surface area contributed by atoms with E-state index < -0.39 is 23.6 Å². The fraction of sp³-hybridized carbons (Fsp3) is 0.286. The van der Waals surface area contributed by atoms with Crippen molar-refractivity contribution in [1.82, 2.24) is 4.98 Å². The van der Waals surface area contributed by atoms with Gasteiger partial charge in [-0.05, 0) is 12.1 Å². The van der Waals surface area contributed by atoms with Crippen molar-refractivity contribution in [3.8, 4) is 0 Å². The summed E-state index contributed by atoms with van der Waals surface area (Å²) in [6.45, 7) is 0. The third-order valence-corrected chi connectivity index (χ3v) is 1.38. The van der Waals surface area contributed by atoms with Crippen LogP contribution in [0, 0.1) is 0 Å². The van der Waals surface area contributed by atoms with Gasteiger partial charge in [0.05, 0.1) is 5.56 Å². The number of aromatic nitrogens is 1. The number of nitrogens with zero attached hydrogens (tertiary/aromatic N) is 1.